The van der Waals surface area contributed by atoms with Gasteiger partial charge in [-0.1, -0.05) is 30.9 Å². The van der Waals surface area contributed by atoms with Crippen molar-refractivity contribution in [1.82, 2.24) is 4.31 Å². The third-order valence-corrected chi connectivity index (χ3v) is 6.16. The molecule has 7 heteroatoms. The molecular weight excluding hydrogens is 314 g/mol. The number of sulfonamides is 1. The summed E-state index contributed by atoms with van der Waals surface area (Å²) in [5.41, 5.74) is -0.101. The summed E-state index contributed by atoms with van der Waals surface area (Å²) in [6.45, 7) is 0. The molecule has 116 valence electrons. The fourth-order valence-corrected chi connectivity index (χ4v) is 4.41. The van der Waals surface area contributed by atoms with Crippen LogP contribution in [0, 0.1) is 0 Å². The number of halogens is 1. The molecule has 0 aliphatic heterocycles. The molecule has 1 aromatic rings. The Morgan fingerprint density at radius 2 is 1.90 bits per heavy atom. The second-order valence-corrected chi connectivity index (χ2v) is 7.66. The van der Waals surface area contributed by atoms with E-state index >= 15 is 0 Å². The van der Waals surface area contributed by atoms with Gasteiger partial charge in [0.25, 0.3) is 0 Å². The van der Waals surface area contributed by atoms with Crippen LogP contribution in [0.1, 0.15) is 42.5 Å². The number of nitrogens with zero attached hydrogens (tertiary/aromatic N) is 1. The van der Waals surface area contributed by atoms with Crippen LogP contribution in [0.3, 0.4) is 0 Å². The molecule has 2 rings (SSSR count). The lowest BCUT2D eigenvalue weighted by molar-refractivity contribution is 0.0697. The Morgan fingerprint density at radius 3 is 2.43 bits per heavy atom. The van der Waals surface area contributed by atoms with Gasteiger partial charge >= 0.3 is 5.97 Å². The third kappa shape index (κ3) is 3.39. The standard InChI is InChI=1S/C14H18ClNO4S/c1-16(10-5-3-2-4-6-10)21(19,20)11-7-8-12(14(17)18)13(15)9-11/h7-10H,2-6H2,1H3,(H,17,18). The largest absolute Gasteiger partial charge is 0.478 e. The SMILES string of the molecule is CN(C1CCCCC1)S(=O)(=O)c1ccc(C(=O)O)c(Cl)c1. The molecule has 0 atom stereocenters. The van der Waals surface area contributed by atoms with Gasteiger partial charge in [-0.15, -0.1) is 0 Å². The van der Waals surface area contributed by atoms with Gasteiger partial charge in [-0.25, -0.2) is 13.2 Å². The Kier molecular flexibility index (Phi) is 4.91. The van der Waals surface area contributed by atoms with Crippen molar-refractivity contribution in [2.45, 2.75) is 43.0 Å². The summed E-state index contributed by atoms with van der Waals surface area (Å²) in [5, 5.41) is 8.86. The minimum Gasteiger partial charge on any atom is -0.478 e. The topological polar surface area (TPSA) is 74.7 Å². The van der Waals surface area contributed by atoms with Crippen LogP contribution in [-0.4, -0.2) is 36.9 Å². The normalized spacial score (nSPS) is 17.1. The summed E-state index contributed by atoms with van der Waals surface area (Å²) in [5.74, 6) is -1.18. The predicted molar refractivity (Wildman–Crippen MR) is 80.2 cm³/mol. The van der Waals surface area contributed by atoms with Crippen LogP contribution in [0.2, 0.25) is 5.02 Å². The first-order chi connectivity index (χ1) is 9.84. The zero-order valence-electron chi connectivity index (χ0n) is 11.8. The summed E-state index contributed by atoms with van der Waals surface area (Å²) >= 11 is 5.86. The molecule has 0 bridgehead atoms. The maximum Gasteiger partial charge on any atom is 0.337 e. The minimum atomic E-state index is -3.65. The van der Waals surface area contributed by atoms with E-state index < -0.39 is 16.0 Å². The Morgan fingerprint density at radius 1 is 1.29 bits per heavy atom. The van der Waals surface area contributed by atoms with Crippen molar-refractivity contribution in [3.63, 3.8) is 0 Å². The quantitative estimate of drug-likeness (QED) is 0.920. The fraction of sp³-hybridized carbons (Fsp3) is 0.500. The van der Waals surface area contributed by atoms with Crippen molar-refractivity contribution in [1.29, 1.82) is 0 Å². The maximum atomic E-state index is 12.6. The average molecular weight is 332 g/mol. The maximum absolute atomic E-state index is 12.6. The van der Waals surface area contributed by atoms with E-state index in [1.54, 1.807) is 7.05 Å². The van der Waals surface area contributed by atoms with Crippen LogP contribution in [-0.2, 0) is 10.0 Å². The van der Waals surface area contributed by atoms with E-state index in [0.29, 0.717) is 0 Å². The second kappa shape index (κ2) is 6.34. The van der Waals surface area contributed by atoms with Crippen LogP contribution in [0.5, 0.6) is 0 Å². The molecule has 1 aliphatic carbocycles. The molecule has 0 amide bonds. The third-order valence-electron chi connectivity index (χ3n) is 3.94. The summed E-state index contributed by atoms with van der Waals surface area (Å²) in [4.78, 5) is 11.0. The van der Waals surface area contributed by atoms with Gasteiger partial charge in [0.15, 0.2) is 0 Å². The molecule has 1 N–H and O–H groups in total. The molecule has 21 heavy (non-hydrogen) atoms. The van der Waals surface area contributed by atoms with Crippen LogP contribution >= 0.6 is 11.6 Å². The van der Waals surface area contributed by atoms with Gasteiger partial charge in [0.1, 0.15) is 0 Å². The molecule has 0 aromatic heterocycles. The summed E-state index contributed by atoms with van der Waals surface area (Å²) in [7, 11) is -2.07. The zero-order valence-corrected chi connectivity index (χ0v) is 13.3. The van der Waals surface area contributed by atoms with Gasteiger partial charge in [-0.3, -0.25) is 0 Å². The minimum absolute atomic E-state index is 0.00155. The fourth-order valence-electron chi connectivity index (χ4n) is 2.64. The second-order valence-electron chi connectivity index (χ2n) is 5.26. The Bertz CT molecular complexity index is 638. The van der Waals surface area contributed by atoms with Crippen LogP contribution in [0.15, 0.2) is 23.1 Å². The average Bonchev–Trinajstić information content (AvgIpc) is 2.46. The zero-order chi connectivity index (χ0) is 15.6. The molecule has 1 saturated carbocycles. The van der Waals surface area contributed by atoms with Crippen molar-refractivity contribution in [3.05, 3.63) is 28.8 Å². The summed E-state index contributed by atoms with van der Waals surface area (Å²) < 4.78 is 26.6. The van der Waals surface area contributed by atoms with Gasteiger partial charge in [0.2, 0.25) is 10.0 Å². The first-order valence-electron chi connectivity index (χ1n) is 6.85. The molecule has 0 spiro atoms. The van der Waals surface area contributed by atoms with Crippen LogP contribution in [0.4, 0.5) is 0 Å². The number of rotatable bonds is 4. The number of carboxylic acid groups (broad SMARTS) is 1. The molecule has 0 unspecified atom stereocenters. The molecule has 0 heterocycles. The van der Waals surface area contributed by atoms with Crippen molar-refractivity contribution < 1.29 is 18.3 Å². The van der Waals surface area contributed by atoms with Crippen molar-refractivity contribution >= 4 is 27.6 Å². The first-order valence-corrected chi connectivity index (χ1v) is 8.66. The lowest BCUT2D eigenvalue weighted by Crippen LogP contribution is -2.38. The van der Waals surface area contributed by atoms with Gasteiger partial charge < -0.3 is 5.11 Å². The monoisotopic (exact) mass is 331 g/mol. The van der Waals surface area contributed by atoms with Crippen molar-refractivity contribution in [2.75, 3.05) is 7.05 Å². The predicted octanol–water partition coefficient (Wildman–Crippen LogP) is 2.99. The molecule has 1 aromatic carbocycles. The lowest BCUT2D eigenvalue weighted by Gasteiger charge is -2.30. The summed E-state index contributed by atoms with van der Waals surface area (Å²) in [6.07, 6.45) is 4.92. The van der Waals surface area contributed by atoms with E-state index in [0.717, 1.165) is 32.1 Å². The Labute approximate surface area is 129 Å². The smallest absolute Gasteiger partial charge is 0.337 e. The molecule has 0 radical (unpaired) electrons. The van der Waals surface area contributed by atoms with Gasteiger partial charge in [0, 0.05) is 13.1 Å². The highest BCUT2D eigenvalue weighted by Gasteiger charge is 2.29. The highest BCUT2D eigenvalue weighted by atomic mass is 35.5. The lowest BCUT2D eigenvalue weighted by atomic mass is 9.96. The molecule has 1 fully saturated rings. The number of carboxylic acids is 1. The first kappa shape index (κ1) is 16.3. The number of hydrogen-bond acceptors (Lipinski definition) is 3. The molecular formula is C14H18ClNO4S. The number of carbonyl (C=O) groups is 1. The number of hydrogen-bond donors (Lipinski definition) is 1. The van der Waals surface area contributed by atoms with E-state index in [2.05, 4.69) is 0 Å². The Hall–Kier alpha value is -1.11. The van der Waals surface area contributed by atoms with Gasteiger partial charge in [-0.2, -0.15) is 4.31 Å². The molecule has 1 aliphatic rings. The summed E-state index contributed by atoms with van der Waals surface area (Å²) in [6, 6.07) is 3.73. The van der Waals surface area contributed by atoms with E-state index in [4.69, 9.17) is 16.7 Å². The van der Waals surface area contributed by atoms with Crippen LogP contribution < -0.4 is 0 Å². The number of aromatic carboxylic acids is 1. The Balaban J connectivity index is 2.30. The van der Waals surface area contributed by atoms with E-state index in [1.807, 2.05) is 0 Å². The molecule has 0 saturated heterocycles. The molecule has 5 nitrogen and oxygen atoms in total. The van der Waals surface area contributed by atoms with Crippen molar-refractivity contribution in [3.8, 4) is 0 Å². The van der Waals surface area contributed by atoms with Gasteiger partial charge in [-0.05, 0) is 31.0 Å². The van der Waals surface area contributed by atoms with Crippen molar-refractivity contribution in [2.24, 2.45) is 0 Å². The highest BCUT2D eigenvalue weighted by Crippen LogP contribution is 2.28. The van der Waals surface area contributed by atoms with E-state index in [1.165, 1.54) is 22.5 Å². The van der Waals surface area contributed by atoms with E-state index in [9.17, 15) is 13.2 Å². The van der Waals surface area contributed by atoms with Gasteiger partial charge in [0.05, 0.1) is 15.5 Å². The van der Waals surface area contributed by atoms with E-state index in [-0.39, 0.29) is 21.5 Å². The van der Waals surface area contributed by atoms with Crippen LogP contribution in [0.25, 0.3) is 0 Å². The number of benzene rings is 1. The highest BCUT2D eigenvalue weighted by molar-refractivity contribution is 7.89.